The van der Waals surface area contributed by atoms with Crippen LogP contribution in [0.2, 0.25) is 0 Å². The molecule has 0 unspecified atom stereocenters. The lowest BCUT2D eigenvalue weighted by Crippen LogP contribution is -2.22. The molecule has 0 aliphatic rings. The lowest BCUT2D eigenvalue weighted by atomic mass is 10.2. The molecule has 0 amide bonds. The normalized spacial score (nSPS) is 10.9. The quantitative estimate of drug-likeness (QED) is 0.746. The van der Waals surface area contributed by atoms with Gasteiger partial charge in [-0.2, -0.15) is 0 Å². The molecule has 3 nitrogen and oxygen atoms in total. The first-order chi connectivity index (χ1) is 8.65. The molecule has 102 valence electrons. The highest BCUT2D eigenvalue weighted by atomic mass is 79.9. The topological polar surface area (TPSA) is 30.5 Å². The number of benzene rings is 1. The van der Waals surface area contributed by atoms with Crippen LogP contribution in [0.4, 0.5) is 0 Å². The number of hydrogen-bond acceptors (Lipinski definition) is 3. The summed E-state index contributed by atoms with van der Waals surface area (Å²) in [5.41, 5.74) is 1.16. The van der Waals surface area contributed by atoms with Gasteiger partial charge in [0.1, 0.15) is 12.4 Å². The molecule has 0 saturated carbocycles. The van der Waals surface area contributed by atoms with Crippen LogP contribution in [0.1, 0.15) is 26.3 Å². The van der Waals surface area contributed by atoms with E-state index in [1.807, 2.05) is 19.1 Å². The van der Waals surface area contributed by atoms with Crippen LogP contribution < -0.4 is 10.1 Å². The molecule has 18 heavy (non-hydrogen) atoms. The number of halogens is 1. The van der Waals surface area contributed by atoms with Crippen LogP contribution in [0, 0.1) is 0 Å². The maximum absolute atomic E-state index is 5.79. The third kappa shape index (κ3) is 5.38. The van der Waals surface area contributed by atoms with Crippen LogP contribution in [0.5, 0.6) is 5.75 Å². The van der Waals surface area contributed by atoms with Gasteiger partial charge in [0.05, 0.1) is 11.1 Å². The lowest BCUT2D eigenvalue weighted by Gasteiger charge is -2.15. The Morgan fingerprint density at radius 2 is 2.06 bits per heavy atom. The van der Waals surface area contributed by atoms with Gasteiger partial charge in [0.15, 0.2) is 0 Å². The Labute approximate surface area is 118 Å². The van der Waals surface area contributed by atoms with Gasteiger partial charge in [0.25, 0.3) is 0 Å². The van der Waals surface area contributed by atoms with Gasteiger partial charge in [-0.3, -0.25) is 0 Å². The van der Waals surface area contributed by atoms with Crippen LogP contribution in [0.3, 0.4) is 0 Å². The average Bonchev–Trinajstić information content (AvgIpc) is 2.34. The maximum atomic E-state index is 5.79. The van der Waals surface area contributed by atoms with Gasteiger partial charge < -0.3 is 14.8 Å². The van der Waals surface area contributed by atoms with Crippen molar-refractivity contribution in [2.45, 2.75) is 33.4 Å². The van der Waals surface area contributed by atoms with E-state index in [-0.39, 0.29) is 0 Å². The van der Waals surface area contributed by atoms with E-state index in [0.29, 0.717) is 19.3 Å². The van der Waals surface area contributed by atoms with Gasteiger partial charge in [0, 0.05) is 24.8 Å². The molecule has 0 saturated heterocycles. The second-order valence-corrected chi connectivity index (χ2v) is 5.16. The second kappa shape index (κ2) is 8.51. The minimum absolute atomic E-state index is 0.459. The monoisotopic (exact) mass is 315 g/mol. The molecule has 1 N–H and O–H groups in total. The largest absolute Gasteiger partial charge is 0.490 e. The van der Waals surface area contributed by atoms with Gasteiger partial charge in [-0.1, -0.05) is 26.0 Å². The van der Waals surface area contributed by atoms with E-state index in [1.54, 1.807) is 0 Å². The molecule has 0 aromatic heterocycles. The lowest BCUT2D eigenvalue weighted by molar-refractivity contribution is 0.109. The van der Waals surface area contributed by atoms with E-state index >= 15 is 0 Å². The molecule has 0 heterocycles. The van der Waals surface area contributed by atoms with Crippen molar-refractivity contribution in [2.75, 3.05) is 19.8 Å². The summed E-state index contributed by atoms with van der Waals surface area (Å²) in [6.07, 6.45) is 0. The minimum Gasteiger partial charge on any atom is -0.490 e. The fourth-order valence-electron chi connectivity index (χ4n) is 1.52. The van der Waals surface area contributed by atoms with E-state index in [9.17, 15) is 0 Å². The number of ether oxygens (including phenoxy) is 2. The van der Waals surface area contributed by atoms with Crippen molar-refractivity contribution in [1.29, 1.82) is 0 Å². The van der Waals surface area contributed by atoms with Crippen molar-refractivity contribution >= 4 is 15.9 Å². The fraction of sp³-hybridized carbons (Fsp3) is 0.571. The van der Waals surface area contributed by atoms with Gasteiger partial charge in [-0.05, 0) is 28.9 Å². The zero-order valence-electron chi connectivity index (χ0n) is 11.3. The molecule has 1 aromatic carbocycles. The molecular formula is C14H22BrNO2. The summed E-state index contributed by atoms with van der Waals surface area (Å²) in [5.74, 6) is 0.908. The highest BCUT2D eigenvalue weighted by Crippen LogP contribution is 2.29. The highest BCUT2D eigenvalue weighted by molar-refractivity contribution is 9.10. The Morgan fingerprint density at radius 1 is 1.28 bits per heavy atom. The first kappa shape index (κ1) is 15.5. The number of nitrogens with one attached hydrogen (secondary N) is 1. The zero-order chi connectivity index (χ0) is 13.4. The summed E-state index contributed by atoms with van der Waals surface area (Å²) in [5, 5.41) is 3.40. The molecule has 4 heteroatoms. The highest BCUT2D eigenvalue weighted by Gasteiger charge is 2.08. The van der Waals surface area contributed by atoms with Crippen molar-refractivity contribution in [2.24, 2.45) is 0 Å². The molecule has 0 radical (unpaired) electrons. The Kier molecular flexibility index (Phi) is 7.32. The molecule has 1 rings (SSSR count). The maximum Gasteiger partial charge on any atom is 0.138 e. The first-order valence-corrected chi connectivity index (χ1v) is 7.15. The van der Waals surface area contributed by atoms with Gasteiger partial charge in [0.2, 0.25) is 0 Å². The summed E-state index contributed by atoms with van der Waals surface area (Å²) >= 11 is 3.53. The molecule has 0 atom stereocenters. The summed E-state index contributed by atoms with van der Waals surface area (Å²) < 4.78 is 12.1. The van der Waals surface area contributed by atoms with Gasteiger partial charge >= 0.3 is 0 Å². The predicted octanol–water partition coefficient (Wildman–Crippen LogP) is 3.36. The van der Waals surface area contributed by atoms with Gasteiger partial charge in [-0.15, -0.1) is 0 Å². The van der Waals surface area contributed by atoms with E-state index < -0.39 is 0 Å². The zero-order valence-corrected chi connectivity index (χ0v) is 12.9. The number of para-hydroxylation sites is 1. The third-order valence-electron chi connectivity index (χ3n) is 2.43. The minimum atomic E-state index is 0.459. The smallest absolute Gasteiger partial charge is 0.138 e. The van der Waals surface area contributed by atoms with E-state index in [2.05, 4.69) is 41.2 Å². The van der Waals surface area contributed by atoms with Crippen LogP contribution >= 0.6 is 15.9 Å². The molecule has 0 bridgehead atoms. The van der Waals surface area contributed by atoms with Gasteiger partial charge in [-0.25, -0.2) is 0 Å². The number of hydrogen-bond donors (Lipinski definition) is 1. The van der Waals surface area contributed by atoms with Crippen molar-refractivity contribution in [3.05, 3.63) is 28.2 Å². The van der Waals surface area contributed by atoms with Crippen LogP contribution in [0.15, 0.2) is 22.7 Å². The number of rotatable bonds is 8. The summed E-state index contributed by atoms with van der Waals surface area (Å²) in [7, 11) is 0. The second-order valence-electron chi connectivity index (χ2n) is 4.31. The standard InChI is InChI=1S/C14H22BrNO2/c1-4-17-8-9-18-14-12(10-16-11(2)3)6-5-7-13(14)15/h5-7,11,16H,4,8-10H2,1-3H3. The summed E-state index contributed by atoms with van der Waals surface area (Å²) in [6.45, 7) is 8.97. The van der Waals surface area contributed by atoms with Crippen LogP contribution in [-0.4, -0.2) is 25.9 Å². The Morgan fingerprint density at radius 3 is 2.72 bits per heavy atom. The summed E-state index contributed by atoms with van der Waals surface area (Å²) in [4.78, 5) is 0. The van der Waals surface area contributed by atoms with Crippen molar-refractivity contribution in [3.63, 3.8) is 0 Å². The van der Waals surface area contributed by atoms with Crippen LogP contribution in [0.25, 0.3) is 0 Å². The van der Waals surface area contributed by atoms with Crippen LogP contribution in [-0.2, 0) is 11.3 Å². The predicted molar refractivity (Wildman–Crippen MR) is 78.1 cm³/mol. The van der Waals surface area contributed by atoms with E-state index in [0.717, 1.165) is 28.9 Å². The molecular weight excluding hydrogens is 294 g/mol. The molecule has 0 fully saturated rings. The molecule has 1 aromatic rings. The fourth-order valence-corrected chi connectivity index (χ4v) is 2.04. The Balaban J connectivity index is 2.62. The Hall–Kier alpha value is -0.580. The third-order valence-corrected chi connectivity index (χ3v) is 3.05. The molecule has 0 aliphatic carbocycles. The molecule has 0 aliphatic heterocycles. The average molecular weight is 316 g/mol. The Bertz CT molecular complexity index is 356. The SMILES string of the molecule is CCOCCOc1c(Br)cccc1CNC(C)C. The molecule has 0 spiro atoms. The summed E-state index contributed by atoms with van der Waals surface area (Å²) in [6, 6.07) is 6.56. The van der Waals surface area contributed by atoms with E-state index in [4.69, 9.17) is 9.47 Å². The van der Waals surface area contributed by atoms with Crippen molar-refractivity contribution < 1.29 is 9.47 Å². The van der Waals surface area contributed by atoms with E-state index in [1.165, 1.54) is 0 Å². The van der Waals surface area contributed by atoms with Crippen molar-refractivity contribution in [3.8, 4) is 5.75 Å². The van der Waals surface area contributed by atoms with Crippen molar-refractivity contribution in [1.82, 2.24) is 5.32 Å². The first-order valence-electron chi connectivity index (χ1n) is 6.36.